The van der Waals surface area contributed by atoms with Crippen molar-refractivity contribution in [1.82, 2.24) is 15.3 Å². The number of nitrogens with zero attached hydrogens (tertiary/aromatic N) is 2. The monoisotopic (exact) mass is 349 g/mol. The summed E-state index contributed by atoms with van der Waals surface area (Å²) in [5.74, 6) is 0.907. The molecule has 0 spiro atoms. The summed E-state index contributed by atoms with van der Waals surface area (Å²) in [7, 11) is 3.09. The minimum absolute atomic E-state index is 0.192. The van der Waals surface area contributed by atoms with Crippen LogP contribution in [0.15, 0.2) is 61.1 Å². The predicted octanol–water partition coefficient (Wildman–Crippen LogP) is 3.09. The predicted molar refractivity (Wildman–Crippen MR) is 98.2 cm³/mol. The van der Waals surface area contributed by atoms with E-state index in [4.69, 9.17) is 9.47 Å². The van der Waals surface area contributed by atoms with Gasteiger partial charge in [0.05, 0.1) is 19.9 Å². The van der Waals surface area contributed by atoms with Gasteiger partial charge in [-0.25, -0.2) is 0 Å². The molecule has 0 atom stereocenters. The smallest absolute Gasteiger partial charge is 0.251 e. The molecule has 0 aliphatic heterocycles. The molecule has 0 unspecified atom stereocenters. The van der Waals surface area contributed by atoms with Crippen molar-refractivity contribution < 1.29 is 14.3 Å². The molecule has 0 saturated carbocycles. The van der Waals surface area contributed by atoms with E-state index in [0.717, 1.165) is 16.8 Å². The van der Waals surface area contributed by atoms with Gasteiger partial charge in [-0.2, -0.15) is 0 Å². The van der Waals surface area contributed by atoms with Gasteiger partial charge in [-0.05, 0) is 42.0 Å². The molecule has 1 aromatic carbocycles. The number of hydrogen-bond donors (Lipinski definition) is 1. The Bertz CT molecular complexity index is 881. The van der Waals surface area contributed by atoms with Gasteiger partial charge in [0.1, 0.15) is 0 Å². The van der Waals surface area contributed by atoms with Gasteiger partial charge >= 0.3 is 0 Å². The van der Waals surface area contributed by atoms with Gasteiger partial charge in [-0.1, -0.05) is 6.07 Å². The Balaban J connectivity index is 1.64. The first kappa shape index (κ1) is 17.4. The zero-order valence-corrected chi connectivity index (χ0v) is 14.6. The zero-order chi connectivity index (χ0) is 18.4. The van der Waals surface area contributed by atoms with Crippen LogP contribution < -0.4 is 14.8 Å². The maximum absolute atomic E-state index is 12.3. The van der Waals surface area contributed by atoms with Gasteiger partial charge in [0.2, 0.25) is 0 Å². The van der Waals surface area contributed by atoms with Gasteiger partial charge in [0, 0.05) is 36.3 Å². The van der Waals surface area contributed by atoms with Crippen molar-refractivity contribution in [3.63, 3.8) is 0 Å². The quantitative estimate of drug-likeness (QED) is 0.740. The van der Waals surface area contributed by atoms with E-state index in [1.54, 1.807) is 43.9 Å². The number of benzene rings is 1. The van der Waals surface area contributed by atoms with E-state index in [1.807, 2.05) is 24.3 Å². The lowest BCUT2D eigenvalue weighted by Gasteiger charge is -2.10. The standard InChI is InChI=1S/C20H19N3O3/c1-25-18-8-6-15(10-19(18)26-2)20(24)23-12-14-5-7-17(22-11-14)16-4-3-9-21-13-16/h3-11,13H,12H2,1-2H3,(H,23,24). The summed E-state index contributed by atoms with van der Waals surface area (Å²) < 4.78 is 10.4. The Morgan fingerprint density at radius 2 is 1.88 bits per heavy atom. The molecule has 2 aromatic heterocycles. The van der Waals surface area contributed by atoms with Gasteiger partial charge in [-0.3, -0.25) is 14.8 Å². The molecule has 0 bridgehead atoms. The molecular formula is C20H19N3O3. The van der Waals surface area contributed by atoms with Crippen molar-refractivity contribution in [3.05, 3.63) is 72.2 Å². The fourth-order valence-corrected chi connectivity index (χ4v) is 2.48. The third-order valence-electron chi connectivity index (χ3n) is 3.88. The molecule has 1 amide bonds. The molecule has 26 heavy (non-hydrogen) atoms. The Morgan fingerprint density at radius 3 is 2.54 bits per heavy atom. The maximum Gasteiger partial charge on any atom is 0.251 e. The number of nitrogens with one attached hydrogen (secondary N) is 1. The highest BCUT2D eigenvalue weighted by molar-refractivity contribution is 5.94. The van der Waals surface area contributed by atoms with Crippen molar-refractivity contribution in [2.24, 2.45) is 0 Å². The molecule has 1 N–H and O–H groups in total. The normalized spacial score (nSPS) is 10.2. The van der Waals surface area contributed by atoms with Crippen molar-refractivity contribution in [2.75, 3.05) is 14.2 Å². The van der Waals surface area contributed by atoms with Crippen LogP contribution in [-0.4, -0.2) is 30.1 Å². The van der Waals surface area contributed by atoms with Crippen LogP contribution in [0.3, 0.4) is 0 Å². The van der Waals surface area contributed by atoms with Crippen LogP contribution in [0.4, 0.5) is 0 Å². The molecule has 0 saturated heterocycles. The molecular weight excluding hydrogens is 330 g/mol. The van der Waals surface area contributed by atoms with Crippen LogP contribution in [0, 0.1) is 0 Å². The van der Waals surface area contributed by atoms with E-state index in [1.165, 1.54) is 7.11 Å². The summed E-state index contributed by atoms with van der Waals surface area (Å²) in [6.07, 6.45) is 5.24. The number of ether oxygens (including phenoxy) is 2. The maximum atomic E-state index is 12.3. The summed E-state index contributed by atoms with van der Waals surface area (Å²) in [6, 6.07) is 12.7. The van der Waals surface area contributed by atoms with Gasteiger partial charge in [0.15, 0.2) is 11.5 Å². The van der Waals surface area contributed by atoms with Crippen molar-refractivity contribution >= 4 is 5.91 Å². The molecule has 2 heterocycles. The van der Waals surface area contributed by atoms with E-state index >= 15 is 0 Å². The highest BCUT2D eigenvalue weighted by Gasteiger charge is 2.10. The molecule has 0 aliphatic rings. The van der Waals surface area contributed by atoms with Gasteiger partial charge in [0.25, 0.3) is 5.91 Å². The molecule has 0 aliphatic carbocycles. The summed E-state index contributed by atoms with van der Waals surface area (Å²) in [5.41, 5.74) is 3.20. The Labute approximate surface area is 151 Å². The molecule has 3 aromatic rings. The number of amides is 1. The molecule has 0 radical (unpaired) electrons. The number of pyridine rings is 2. The third-order valence-corrected chi connectivity index (χ3v) is 3.88. The Hall–Kier alpha value is -3.41. The summed E-state index contributed by atoms with van der Waals surface area (Å²) in [5, 5.41) is 2.88. The SMILES string of the molecule is COc1ccc(C(=O)NCc2ccc(-c3cccnc3)nc2)cc1OC. The second-order valence-corrected chi connectivity index (χ2v) is 5.55. The molecule has 6 nitrogen and oxygen atoms in total. The number of rotatable bonds is 6. The number of aromatic nitrogens is 2. The largest absolute Gasteiger partial charge is 0.493 e. The highest BCUT2D eigenvalue weighted by atomic mass is 16.5. The minimum atomic E-state index is -0.192. The zero-order valence-electron chi connectivity index (χ0n) is 14.6. The van der Waals surface area contributed by atoms with Gasteiger partial charge < -0.3 is 14.8 Å². The number of hydrogen-bond acceptors (Lipinski definition) is 5. The van der Waals surface area contributed by atoms with Crippen LogP contribution in [0.5, 0.6) is 11.5 Å². The molecule has 0 fully saturated rings. The lowest BCUT2D eigenvalue weighted by Crippen LogP contribution is -2.22. The second kappa shape index (κ2) is 8.11. The van der Waals surface area contributed by atoms with Gasteiger partial charge in [-0.15, -0.1) is 0 Å². The molecule has 132 valence electrons. The van der Waals surface area contributed by atoms with E-state index in [0.29, 0.717) is 23.6 Å². The van der Waals surface area contributed by atoms with E-state index in [9.17, 15) is 4.79 Å². The van der Waals surface area contributed by atoms with E-state index in [-0.39, 0.29) is 5.91 Å². The van der Waals surface area contributed by atoms with Crippen LogP contribution in [0.2, 0.25) is 0 Å². The molecule has 3 rings (SSSR count). The fourth-order valence-electron chi connectivity index (χ4n) is 2.48. The number of methoxy groups -OCH3 is 2. The lowest BCUT2D eigenvalue weighted by atomic mass is 10.1. The third kappa shape index (κ3) is 3.97. The topological polar surface area (TPSA) is 73.3 Å². The fraction of sp³-hybridized carbons (Fsp3) is 0.150. The molecule has 6 heteroatoms. The Kier molecular flexibility index (Phi) is 5.43. The number of carbonyl (C=O) groups excluding carboxylic acids is 1. The average Bonchev–Trinajstić information content (AvgIpc) is 2.72. The van der Waals surface area contributed by atoms with E-state index in [2.05, 4.69) is 15.3 Å². The van der Waals surface area contributed by atoms with Crippen LogP contribution >= 0.6 is 0 Å². The van der Waals surface area contributed by atoms with E-state index < -0.39 is 0 Å². The van der Waals surface area contributed by atoms with Crippen molar-refractivity contribution in [3.8, 4) is 22.8 Å². The van der Waals surface area contributed by atoms with Crippen LogP contribution in [0.1, 0.15) is 15.9 Å². The summed E-state index contributed by atoms with van der Waals surface area (Å²) in [4.78, 5) is 20.8. The summed E-state index contributed by atoms with van der Waals surface area (Å²) >= 11 is 0. The number of carbonyl (C=O) groups is 1. The summed E-state index contributed by atoms with van der Waals surface area (Å²) in [6.45, 7) is 0.382. The average molecular weight is 349 g/mol. The van der Waals surface area contributed by atoms with Crippen LogP contribution in [0.25, 0.3) is 11.3 Å². The van der Waals surface area contributed by atoms with Crippen molar-refractivity contribution in [1.29, 1.82) is 0 Å². The Morgan fingerprint density at radius 1 is 1.04 bits per heavy atom. The first-order chi connectivity index (χ1) is 12.7. The van der Waals surface area contributed by atoms with Crippen LogP contribution in [-0.2, 0) is 6.54 Å². The lowest BCUT2D eigenvalue weighted by molar-refractivity contribution is 0.0950. The first-order valence-corrected chi connectivity index (χ1v) is 8.07. The highest BCUT2D eigenvalue weighted by Crippen LogP contribution is 2.27. The first-order valence-electron chi connectivity index (χ1n) is 8.07. The van der Waals surface area contributed by atoms with Crippen molar-refractivity contribution in [2.45, 2.75) is 6.54 Å². The minimum Gasteiger partial charge on any atom is -0.493 e. The second-order valence-electron chi connectivity index (χ2n) is 5.55.